The maximum Gasteiger partial charge on any atom is 0.124 e. The van der Waals surface area contributed by atoms with Gasteiger partial charge in [0.1, 0.15) is 11.5 Å². The van der Waals surface area contributed by atoms with Gasteiger partial charge in [0.15, 0.2) is 0 Å². The molecule has 0 aromatic heterocycles. The van der Waals surface area contributed by atoms with Gasteiger partial charge >= 0.3 is 0 Å². The first-order chi connectivity index (χ1) is 9.61. The second kappa shape index (κ2) is 6.98. The number of phenolic OH excluding ortho intramolecular Hbond substituents is 1. The van der Waals surface area contributed by atoms with Crippen molar-refractivity contribution in [2.75, 3.05) is 13.7 Å². The molecule has 1 fully saturated rings. The molecule has 1 aliphatic rings. The summed E-state index contributed by atoms with van der Waals surface area (Å²) in [5, 5.41) is 13.6. The summed E-state index contributed by atoms with van der Waals surface area (Å²) in [6, 6.07) is 5.68. The third-order valence-electron chi connectivity index (χ3n) is 4.68. The van der Waals surface area contributed by atoms with Crippen LogP contribution < -0.4 is 10.1 Å². The summed E-state index contributed by atoms with van der Waals surface area (Å²) >= 11 is 0. The number of phenols is 1. The lowest BCUT2D eigenvalue weighted by atomic mass is 9.80. The lowest BCUT2D eigenvalue weighted by Gasteiger charge is -2.30. The van der Waals surface area contributed by atoms with Crippen LogP contribution in [0.3, 0.4) is 0 Å². The van der Waals surface area contributed by atoms with Crippen molar-refractivity contribution in [3.63, 3.8) is 0 Å². The monoisotopic (exact) mass is 277 g/mol. The minimum Gasteiger partial charge on any atom is -0.507 e. The topological polar surface area (TPSA) is 41.5 Å². The number of nitrogens with one attached hydrogen (secondary N) is 1. The first-order valence-electron chi connectivity index (χ1n) is 7.72. The van der Waals surface area contributed by atoms with Gasteiger partial charge in [0, 0.05) is 17.7 Å². The smallest absolute Gasteiger partial charge is 0.124 e. The Balaban J connectivity index is 1.92. The summed E-state index contributed by atoms with van der Waals surface area (Å²) in [4.78, 5) is 0. The number of ether oxygens (including phenoxy) is 1. The Morgan fingerprint density at radius 2 is 2.10 bits per heavy atom. The van der Waals surface area contributed by atoms with Crippen LogP contribution in [0.2, 0.25) is 0 Å². The molecule has 20 heavy (non-hydrogen) atoms. The highest BCUT2D eigenvalue weighted by Gasteiger charge is 2.22. The molecule has 1 aliphatic carbocycles. The Hall–Kier alpha value is -1.22. The molecule has 112 valence electrons. The number of methoxy groups -OCH3 is 1. The van der Waals surface area contributed by atoms with Crippen molar-refractivity contribution in [3.05, 3.63) is 23.8 Å². The molecule has 1 saturated carbocycles. The van der Waals surface area contributed by atoms with Crippen molar-refractivity contribution >= 4 is 0 Å². The highest BCUT2D eigenvalue weighted by molar-refractivity contribution is 5.41. The maximum absolute atomic E-state index is 10.1. The molecule has 2 N–H and O–H groups in total. The van der Waals surface area contributed by atoms with Crippen LogP contribution in [-0.4, -0.2) is 18.8 Å². The van der Waals surface area contributed by atoms with E-state index in [1.165, 1.54) is 25.7 Å². The molecule has 0 radical (unpaired) electrons. The van der Waals surface area contributed by atoms with Crippen molar-refractivity contribution in [2.45, 2.75) is 45.6 Å². The van der Waals surface area contributed by atoms with E-state index in [0.717, 1.165) is 23.9 Å². The molecule has 3 atom stereocenters. The van der Waals surface area contributed by atoms with Gasteiger partial charge in [0.2, 0.25) is 0 Å². The Morgan fingerprint density at radius 1 is 1.35 bits per heavy atom. The summed E-state index contributed by atoms with van der Waals surface area (Å²) < 4.78 is 5.12. The van der Waals surface area contributed by atoms with E-state index in [4.69, 9.17) is 4.74 Å². The van der Waals surface area contributed by atoms with Gasteiger partial charge in [-0.1, -0.05) is 32.3 Å². The van der Waals surface area contributed by atoms with Crippen LogP contribution in [0.5, 0.6) is 11.5 Å². The predicted molar refractivity (Wildman–Crippen MR) is 82.2 cm³/mol. The molecule has 0 bridgehead atoms. The molecule has 2 rings (SSSR count). The van der Waals surface area contributed by atoms with E-state index < -0.39 is 0 Å². The summed E-state index contributed by atoms with van der Waals surface area (Å²) in [5.41, 5.74) is 0.939. The summed E-state index contributed by atoms with van der Waals surface area (Å²) in [7, 11) is 1.61. The van der Waals surface area contributed by atoms with E-state index in [1.54, 1.807) is 13.2 Å². The maximum atomic E-state index is 10.1. The van der Waals surface area contributed by atoms with Crippen molar-refractivity contribution in [1.82, 2.24) is 5.32 Å². The van der Waals surface area contributed by atoms with Gasteiger partial charge in [-0.05, 0) is 37.8 Å². The van der Waals surface area contributed by atoms with Crippen LogP contribution in [-0.2, 0) is 0 Å². The van der Waals surface area contributed by atoms with Gasteiger partial charge < -0.3 is 15.2 Å². The van der Waals surface area contributed by atoms with Crippen molar-refractivity contribution < 1.29 is 9.84 Å². The molecule has 0 saturated heterocycles. The van der Waals surface area contributed by atoms with Gasteiger partial charge in [-0.2, -0.15) is 0 Å². The molecule has 3 nitrogen and oxygen atoms in total. The first kappa shape index (κ1) is 15.2. The standard InChI is InChI=1S/C17H27NO2/c1-12-6-4-5-7-14(12)11-18-13(2)16-9-8-15(20-3)10-17(16)19/h8-10,12-14,18-19H,4-7,11H2,1-3H3. The van der Waals surface area contributed by atoms with E-state index in [0.29, 0.717) is 11.5 Å². The van der Waals surface area contributed by atoms with Crippen LogP contribution in [0.1, 0.15) is 51.1 Å². The van der Waals surface area contributed by atoms with Gasteiger partial charge in [-0.25, -0.2) is 0 Å². The molecule has 0 spiro atoms. The van der Waals surface area contributed by atoms with Crippen LogP contribution in [0, 0.1) is 11.8 Å². The van der Waals surface area contributed by atoms with Gasteiger partial charge in [-0.3, -0.25) is 0 Å². The molecular weight excluding hydrogens is 250 g/mol. The largest absolute Gasteiger partial charge is 0.507 e. The number of rotatable bonds is 5. The van der Waals surface area contributed by atoms with Crippen LogP contribution in [0.25, 0.3) is 0 Å². The molecule has 1 aromatic rings. The summed E-state index contributed by atoms with van der Waals surface area (Å²) in [6.45, 7) is 5.50. The van der Waals surface area contributed by atoms with E-state index >= 15 is 0 Å². The highest BCUT2D eigenvalue weighted by Crippen LogP contribution is 2.31. The zero-order valence-corrected chi connectivity index (χ0v) is 12.9. The second-order valence-electron chi connectivity index (χ2n) is 6.08. The SMILES string of the molecule is COc1ccc(C(C)NCC2CCCCC2C)c(O)c1. The number of aromatic hydroxyl groups is 1. The number of benzene rings is 1. The Morgan fingerprint density at radius 3 is 2.75 bits per heavy atom. The van der Waals surface area contributed by atoms with E-state index in [-0.39, 0.29) is 6.04 Å². The Bertz CT molecular complexity index is 433. The lowest BCUT2D eigenvalue weighted by Crippen LogP contribution is -2.31. The van der Waals surface area contributed by atoms with Crippen LogP contribution in [0.4, 0.5) is 0 Å². The van der Waals surface area contributed by atoms with E-state index in [1.807, 2.05) is 12.1 Å². The minimum atomic E-state index is 0.162. The molecule has 3 heteroatoms. The third-order valence-corrected chi connectivity index (χ3v) is 4.68. The molecule has 1 aromatic carbocycles. The Labute approximate surface area is 122 Å². The van der Waals surface area contributed by atoms with Crippen molar-refractivity contribution in [1.29, 1.82) is 0 Å². The average molecular weight is 277 g/mol. The summed E-state index contributed by atoms with van der Waals surface area (Å²) in [5.74, 6) is 2.58. The lowest BCUT2D eigenvalue weighted by molar-refractivity contribution is 0.242. The fourth-order valence-corrected chi connectivity index (χ4v) is 3.15. The van der Waals surface area contributed by atoms with Gasteiger partial charge in [0.25, 0.3) is 0 Å². The Kier molecular flexibility index (Phi) is 5.30. The molecule has 0 heterocycles. The normalized spacial score (nSPS) is 24.4. The molecule has 0 aliphatic heterocycles. The third kappa shape index (κ3) is 3.66. The number of hydrogen-bond donors (Lipinski definition) is 2. The number of hydrogen-bond acceptors (Lipinski definition) is 3. The zero-order valence-electron chi connectivity index (χ0n) is 12.9. The highest BCUT2D eigenvalue weighted by atomic mass is 16.5. The molecule has 3 unspecified atom stereocenters. The van der Waals surface area contributed by atoms with E-state index in [9.17, 15) is 5.11 Å². The molecular formula is C17H27NO2. The predicted octanol–water partition coefficient (Wildman–Crippen LogP) is 3.88. The average Bonchev–Trinajstić information content (AvgIpc) is 2.46. The van der Waals surface area contributed by atoms with Crippen LogP contribution >= 0.6 is 0 Å². The quantitative estimate of drug-likeness (QED) is 0.858. The van der Waals surface area contributed by atoms with Gasteiger partial charge in [-0.15, -0.1) is 0 Å². The van der Waals surface area contributed by atoms with Gasteiger partial charge in [0.05, 0.1) is 7.11 Å². The zero-order chi connectivity index (χ0) is 14.5. The minimum absolute atomic E-state index is 0.162. The van der Waals surface area contributed by atoms with Crippen molar-refractivity contribution in [2.24, 2.45) is 11.8 Å². The van der Waals surface area contributed by atoms with Crippen LogP contribution in [0.15, 0.2) is 18.2 Å². The molecule has 0 amide bonds. The summed E-state index contributed by atoms with van der Waals surface area (Å²) in [6.07, 6.45) is 5.43. The first-order valence-corrected chi connectivity index (χ1v) is 7.72. The fraction of sp³-hybridized carbons (Fsp3) is 0.647. The fourth-order valence-electron chi connectivity index (χ4n) is 3.15. The second-order valence-corrected chi connectivity index (χ2v) is 6.08. The van der Waals surface area contributed by atoms with Crippen molar-refractivity contribution in [3.8, 4) is 11.5 Å². The van der Waals surface area contributed by atoms with E-state index in [2.05, 4.69) is 19.2 Å².